The molecule has 6 nitrogen and oxygen atoms in total. The van der Waals surface area contributed by atoms with Crippen molar-refractivity contribution in [1.82, 2.24) is 10.2 Å². The number of thiocarbonyl (C=S) groups is 1. The first-order chi connectivity index (χ1) is 16.0. The Labute approximate surface area is 201 Å². The summed E-state index contributed by atoms with van der Waals surface area (Å²) in [4.78, 5) is 29.3. The number of benzene rings is 1. The predicted molar refractivity (Wildman–Crippen MR) is 132 cm³/mol. The van der Waals surface area contributed by atoms with Crippen molar-refractivity contribution in [2.24, 2.45) is 5.92 Å². The average molecular weight is 471 g/mol. The van der Waals surface area contributed by atoms with Gasteiger partial charge in [-0.05, 0) is 50.7 Å². The highest BCUT2D eigenvalue weighted by atomic mass is 32.1. The van der Waals surface area contributed by atoms with Crippen molar-refractivity contribution in [3.8, 4) is 0 Å². The van der Waals surface area contributed by atoms with Gasteiger partial charge in [0.1, 0.15) is 11.8 Å². The number of carbonyl (C=O) groups excluding carboxylic acids is 2. The van der Waals surface area contributed by atoms with E-state index in [4.69, 9.17) is 21.7 Å². The maximum atomic E-state index is 13.6. The summed E-state index contributed by atoms with van der Waals surface area (Å²) in [7, 11) is 0. The van der Waals surface area contributed by atoms with Gasteiger partial charge in [0, 0.05) is 37.6 Å². The molecule has 33 heavy (non-hydrogen) atoms. The molecule has 1 aromatic carbocycles. The van der Waals surface area contributed by atoms with Crippen molar-refractivity contribution < 1.29 is 19.1 Å². The topological polar surface area (TPSA) is 67.9 Å². The van der Waals surface area contributed by atoms with E-state index in [1.165, 1.54) is 16.7 Å². The summed E-state index contributed by atoms with van der Waals surface area (Å²) in [6.45, 7) is 5.98. The Kier molecular flexibility index (Phi) is 8.07. The third-order valence-electron chi connectivity index (χ3n) is 6.87. The number of likely N-dealkylation sites (tertiary alicyclic amines) is 1. The zero-order valence-electron chi connectivity index (χ0n) is 19.5. The summed E-state index contributed by atoms with van der Waals surface area (Å²) in [5, 5.41) is 3.23. The highest BCUT2D eigenvalue weighted by molar-refractivity contribution is 7.80. The third-order valence-corrected chi connectivity index (χ3v) is 7.27. The van der Waals surface area contributed by atoms with Crippen LogP contribution in [0.3, 0.4) is 0 Å². The summed E-state index contributed by atoms with van der Waals surface area (Å²) >= 11 is 5.54. The summed E-state index contributed by atoms with van der Waals surface area (Å²) in [5.41, 5.74) is 3.81. The number of hydrogen-bond donors (Lipinski definition) is 1. The molecule has 2 fully saturated rings. The van der Waals surface area contributed by atoms with E-state index in [2.05, 4.69) is 23.5 Å². The molecule has 0 radical (unpaired) electrons. The van der Waals surface area contributed by atoms with Gasteiger partial charge in [0.2, 0.25) is 5.91 Å². The maximum Gasteiger partial charge on any atom is 0.241 e. The molecule has 4 rings (SSSR count). The van der Waals surface area contributed by atoms with E-state index in [1.54, 1.807) is 0 Å². The predicted octanol–water partition coefficient (Wildman–Crippen LogP) is 3.32. The molecule has 3 atom stereocenters. The molecule has 178 valence electrons. The number of amides is 1. The van der Waals surface area contributed by atoms with Crippen LogP contribution in [0.15, 0.2) is 29.8 Å². The Balaban J connectivity index is 1.40. The van der Waals surface area contributed by atoms with Gasteiger partial charge < -0.3 is 19.7 Å². The van der Waals surface area contributed by atoms with Crippen LogP contribution in [-0.2, 0) is 25.5 Å². The van der Waals surface area contributed by atoms with Gasteiger partial charge >= 0.3 is 0 Å². The van der Waals surface area contributed by atoms with Gasteiger partial charge in [-0.15, -0.1) is 0 Å². The van der Waals surface area contributed by atoms with Crippen molar-refractivity contribution in [1.29, 1.82) is 0 Å². The quantitative estimate of drug-likeness (QED) is 0.418. The molecule has 1 unspecified atom stereocenters. The molecule has 1 amide bonds. The molecule has 2 saturated heterocycles. The number of Topliss-reactive ketones (excluding diaryl/α,β-unsaturated/α-hetero) is 1. The van der Waals surface area contributed by atoms with Crippen LogP contribution in [0.5, 0.6) is 0 Å². The minimum absolute atomic E-state index is 0.0575. The van der Waals surface area contributed by atoms with Crippen LogP contribution in [0.1, 0.15) is 50.7 Å². The summed E-state index contributed by atoms with van der Waals surface area (Å²) in [6.07, 6.45) is 5.48. The van der Waals surface area contributed by atoms with Crippen molar-refractivity contribution in [3.63, 3.8) is 0 Å². The Morgan fingerprint density at radius 1 is 1.21 bits per heavy atom. The van der Waals surface area contributed by atoms with Gasteiger partial charge in [-0.2, -0.15) is 0 Å². The van der Waals surface area contributed by atoms with Gasteiger partial charge in [-0.1, -0.05) is 48.1 Å². The molecule has 2 heterocycles. The fourth-order valence-electron chi connectivity index (χ4n) is 5.30. The molecule has 2 aliphatic heterocycles. The molecule has 1 aromatic rings. The van der Waals surface area contributed by atoms with Gasteiger partial charge in [0.05, 0.1) is 12.0 Å². The van der Waals surface area contributed by atoms with Crippen LogP contribution in [-0.4, -0.2) is 66.1 Å². The number of nitrogens with one attached hydrogen (secondary N) is 1. The van der Waals surface area contributed by atoms with Gasteiger partial charge in [0.25, 0.3) is 0 Å². The molecule has 1 aliphatic carbocycles. The molecule has 0 spiro atoms. The van der Waals surface area contributed by atoms with Crippen molar-refractivity contribution >= 4 is 34.8 Å². The van der Waals surface area contributed by atoms with Crippen molar-refractivity contribution in [2.45, 2.75) is 64.3 Å². The largest absolute Gasteiger partial charge is 0.351 e. The number of allylic oxidation sites excluding steroid dienone is 1. The first-order valence-corrected chi connectivity index (χ1v) is 12.5. The number of carbonyl (C=O) groups is 2. The van der Waals surface area contributed by atoms with Crippen LogP contribution in [0.25, 0.3) is 6.08 Å². The Hall–Kier alpha value is -1.93. The zero-order chi connectivity index (χ0) is 23.4. The van der Waals surface area contributed by atoms with E-state index in [-0.39, 0.29) is 17.7 Å². The zero-order valence-corrected chi connectivity index (χ0v) is 20.4. The molecular weight excluding hydrogens is 436 g/mol. The normalized spacial score (nSPS) is 24.5. The van der Waals surface area contributed by atoms with Crippen LogP contribution in [0, 0.1) is 5.92 Å². The standard InChI is InChI=1S/C26H34N2O4S/c1-3-31-26(32-4-2)20-10-7-13-28(20)25(30)24-23(22(33)16-27-24)21(29)12-11-17-14-18-8-5-6-9-19(18)15-17/h5-6,8-9,14,20,23-24,26-27H,3-4,7,10-13,15-16H2,1-2H3/t20-,23?,24-/m0/s1. The highest BCUT2D eigenvalue weighted by Gasteiger charge is 2.46. The average Bonchev–Trinajstić information content (AvgIpc) is 3.54. The van der Waals surface area contributed by atoms with E-state index < -0.39 is 18.2 Å². The number of rotatable bonds is 10. The van der Waals surface area contributed by atoms with Crippen molar-refractivity contribution in [2.75, 3.05) is 26.3 Å². The molecule has 1 N–H and O–H groups in total. The molecule has 0 saturated carbocycles. The lowest BCUT2D eigenvalue weighted by molar-refractivity contribution is -0.176. The summed E-state index contributed by atoms with van der Waals surface area (Å²) < 4.78 is 11.6. The summed E-state index contributed by atoms with van der Waals surface area (Å²) in [5.74, 6) is -0.550. The number of hydrogen-bond acceptors (Lipinski definition) is 6. The molecule has 7 heteroatoms. The fourth-order valence-corrected chi connectivity index (χ4v) is 5.65. The smallest absolute Gasteiger partial charge is 0.241 e. The van der Waals surface area contributed by atoms with E-state index in [1.807, 2.05) is 30.9 Å². The minimum atomic E-state index is -0.593. The lowest BCUT2D eigenvalue weighted by atomic mass is 9.90. The molecule has 0 bridgehead atoms. The SMILES string of the molecule is CCOC(OCC)[C@@H]1CCCN1C(=O)[C@H]1NCC(=S)C1C(=O)CCC1=Cc2ccccc2C1. The van der Waals surface area contributed by atoms with E-state index >= 15 is 0 Å². The van der Waals surface area contributed by atoms with Gasteiger partial charge in [0.15, 0.2) is 6.29 Å². The lowest BCUT2D eigenvalue weighted by Crippen LogP contribution is -2.53. The Morgan fingerprint density at radius 3 is 2.70 bits per heavy atom. The monoisotopic (exact) mass is 470 g/mol. The van der Waals surface area contributed by atoms with Crippen LogP contribution >= 0.6 is 12.2 Å². The van der Waals surface area contributed by atoms with Gasteiger partial charge in [-0.25, -0.2) is 0 Å². The summed E-state index contributed by atoms with van der Waals surface area (Å²) in [6, 6.07) is 7.60. The van der Waals surface area contributed by atoms with Gasteiger partial charge in [-0.3, -0.25) is 9.59 Å². The highest BCUT2D eigenvalue weighted by Crippen LogP contribution is 2.30. The second-order valence-electron chi connectivity index (χ2n) is 8.97. The minimum Gasteiger partial charge on any atom is -0.351 e. The van der Waals surface area contributed by atoms with Crippen LogP contribution < -0.4 is 5.32 Å². The van der Waals surface area contributed by atoms with Crippen LogP contribution in [0.4, 0.5) is 0 Å². The van der Waals surface area contributed by atoms with E-state index in [0.717, 1.165) is 19.3 Å². The molecular formula is C26H34N2O4S. The first kappa shape index (κ1) is 24.2. The Bertz CT molecular complexity index is 925. The van der Waals surface area contributed by atoms with E-state index in [9.17, 15) is 9.59 Å². The number of nitrogens with zero attached hydrogens (tertiary/aromatic N) is 1. The number of ketones is 1. The van der Waals surface area contributed by atoms with Crippen molar-refractivity contribution in [3.05, 3.63) is 41.0 Å². The third kappa shape index (κ3) is 5.27. The second-order valence-corrected chi connectivity index (χ2v) is 9.49. The Morgan fingerprint density at radius 2 is 1.97 bits per heavy atom. The molecule has 3 aliphatic rings. The van der Waals surface area contributed by atoms with E-state index in [0.29, 0.717) is 44.0 Å². The first-order valence-electron chi connectivity index (χ1n) is 12.1. The number of ether oxygens (including phenoxy) is 2. The fraction of sp³-hybridized carbons (Fsp3) is 0.577. The second kappa shape index (κ2) is 11.0. The maximum absolute atomic E-state index is 13.6. The lowest BCUT2D eigenvalue weighted by Gasteiger charge is -2.33. The van der Waals surface area contributed by atoms with Crippen LogP contribution in [0.2, 0.25) is 0 Å². The molecule has 0 aromatic heterocycles. The number of fused-ring (bicyclic) bond motifs is 1.